The zero-order valence-corrected chi connectivity index (χ0v) is 10.6. The van der Waals surface area contributed by atoms with Gasteiger partial charge in [0.25, 0.3) is 0 Å². The minimum Gasteiger partial charge on any atom is -0.466 e. The Morgan fingerprint density at radius 3 is 2.80 bits per heavy atom. The largest absolute Gasteiger partial charge is 0.466 e. The molecule has 4 nitrogen and oxygen atoms in total. The summed E-state index contributed by atoms with van der Waals surface area (Å²) in [6.45, 7) is 2.00. The Hall–Kier alpha value is -2.05. The topological polar surface area (TPSA) is 52.3 Å². The molecule has 1 heterocycles. The summed E-state index contributed by atoms with van der Waals surface area (Å²) in [7, 11) is 0. The van der Waals surface area contributed by atoms with Crippen LogP contribution in [0.1, 0.15) is 24.8 Å². The Balaban J connectivity index is 2.08. The van der Waals surface area contributed by atoms with Gasteiger partial charge < -0.3 is 9.26 Å². The second-order valence-electron chi connectivity index (χ2n) is 4.19. The number of hydrogen-bond acceptors (Lipinski definition) is 4. The van der Waals surface area contributed by atoms with Gasteiger partial charge in [-0.05, 0) is 18.9 Å². The SMILES string of the molecule is CCOC(=O)C1C=CC(c2cc(C(F)(F)F)on2)=CC1. The molecular formula is C13H12F3NO3. The van der Waals surface area contributed by atoms with Crippen LogP contribution in [0.4, 0.5) is 13.2 Å². The Bertz CT molecular complexity index is 557. The number of nitrogens with zero attached hydrogens (tertiary/aromatic N) is 1. The molecule has 2 rings (SSSR count). The fourth-order valence-electron chi connectivity index (χ4n) is 1.78. The third-order valence-electron chi connectivity index (χ3n) is 2.77. The van der Waals surface area contributed by atoms with Crippen molar-refractivity contribution < 1.29 is 27.2 Å². The fourth-order valence-corrected chi connectivity index (χ4v) is 1.78. The molecule has 0 aromatic carbocycles. The number of carbonyl (C=O) groups excluding carboxylic acids is 1. The van der Waals surface area contributed by atoms with Crippen LogP contribution in [0.5, 0.6) is 0 Å². The molecule has 0 aliphatic heterocycles. The van der Waals surface area contributed by atoms with Crippen LogP contribution in [0.15, 0.2) is 28.8 Å². The van der Waals surface area contributed by atoms with Crippen LogP contribution in [0.2, 0.25) is 0 Å². The van der Waals surface area contributed by atoms with Crippen molar-refractivity contribution in [2.75, 3.05) is 6.61 Å². The average molecular weight is 287 g/mol. The molecule has 1 aliphatic carbocycles. The first-order valence-corrected chi connectivity index (χ1v) is 6.01. The van der Waals surface area contributed by atoms with Gasteiger partial charge in [0.05, 0.1) is 12.5 Å². The monoisotopic (exact) mass is 287 g/mol. The summed E-state index contributed by atoms with van der Waals surface area (Å²) in [4.78, 5) is 11.5. The van der Waals surface area contributed by atoms with E-state index in [1.54, 1.807) is 25.2 Å². The smallest absolute Gasteiger partial charge is 0.452 e. The van der Waals surface area contributed by atoms with Crippen LogP contribution in [-0.2, 0) is 15.7 Å². The molecule has 20 heavy (non-hydrogen) atoms. The van der Waals surface area contributed by atoms with Crippen molar-refractivity contribution in [3.8, 4) is 0 Å². The minimum atomic E-state index is -4.56. The van der Waals surface area contributed by atoms with Gasteiger partial charge >= 0.3 is 12.1 Å². The van der Waals surface area contributed by atoms with Gasteiger partial charge in [-0.3, -0.25) is 4.79 Å². The van der Waals surface area contributed by atoms with E-state index in [-0.39, 0.29) is 18.3 Å². The molecule has 7 heteroatoms. The lowest BCUT2D eigenvalue weighted by molar-refractivity contribution is -0.155. The predicted molar refractivity (Wildman–Crippen MR) is 63.4 cm³/mol. The number of alkyl halides is 3. The van der Waals surface area contributed by atoms with E-state index in [1.165, 1.54) is 0 Å². The summed E-state index contributed by atoms with van der Waals surface area (Å²) in [5.41, 5.74) is 0.584. The minimum absolute atomic E-state index is 0.0934. The molecule has 0 N–H and O–H groups in total. The van der Waals surface area contributed by atoms with E-state index < -0.39 is 17.9 Å². The van der Waals surface area contributed by atoms with Gasteiger partial charge in [0, 0.05) is 6.07 Å². The molecule has 0 radical (unpaired) electrons. The van der Waals surface area contributed by atoms with Gasteiger partial charge in [-0.2, -0.15) is 13.2 Å². The van der Waals surface area contributed by atoms with Crippen LogP contribution in [0.25, 0.3) is 5.57 Å². The van der Waals surface area contributed by atoms with Crippen LogP contribution in [0.3, 0.4) is 0 Å². The average Bonchev–Trinajstić information content (AvgIpc) is 2.89. The highest BCUT2D eigenvalue weighted by Crippen LogP contribution is 2.32. The fraction of sp³-hybridized carbons (Fsp3) is 0.385. The Labute approximate surface area is 112 Å². The molecule has 0 bridgehead atoms. The Kier molecular flexibility index (Phi) is 3.96. The summed E-state index contributed by atoms with van der Waals surface area (Å²) in [5.74, 6) is -1.91. The van der Waals surface area contributed by atoms with E-state index in [2.05, 4.69) is 9.68 Å². The summed E-state index contributed by atoms with van der Waals surface area (Å²) in [6.07, 6.45) is 0.578. The number of hydrogen-bond donors (Lipinski definition) is 0. The number of rotatable bonds is 3. The molecule has 0 spiro atoms. The van der Waals surface area contributed by atoms with Gasteiger partial charge in [-0.15, -0.1) is 0 Å². The molecule has 1 aromatic heterocycles. The van der Waals surface area contributed by atoms with Gasteiger partial charge in [-0.25, -0.2) is 0 Å². The molecule has 0 amide bonds. The van der Waals surface area contributed by atoms with E-state index in [1.807, 2.05) is 0 Å². The zero-order valence-electron chi connectivity index (χ0n) is 10.6. The second kappa shape index (κ2) is 5.52. The first kappa shape index (κ1) is 14.4. The van der Waals surface area contributed by atoms with Crippen LogP contribution in [0, 0.1) is 5.92 Å². The summed E-state index contributed by atoms with van der Waals surface area (Å²) < 4.78 is 46.3. The van der Waals surface area contributed by atoms with E-state index in [0.717, 1.165) is 6.07 Å². The van der Waals surface area contributed by atoms with Gasteiger partial charge in [-0.1, -0.05) is 23.4 Å². The normalized spacial score (nSPS) is 18.8. The molecule has 1 unspecified atom stereocenters. The number of esters is 1. The molecule has 0 fully saturated rings. The van der Waals surface area contributed by atoms with E-state index in [0.29, 0.717) is 12.0 Å². The number of carbonyl (C=O) groups is 1. The van der Waals surface area contributed by atoms with Crippen LogP contribution >= 0.6 is 0 Å². The molecule has 0 saturated carbocycles. The lowest BCUT2D eigenvalue weighted by Gasteiger charge is -2.13. The molecule has 1 aromatic rings. The number of aromatic nitrogens is 1. The van der Waals surface area contributed by atoms with Crippen molar-refractivity contribution in [3.05, 3.63) is 35.7 Å². The molecule has 1 atom stereocenters. The zero-order chi connectivity index (χ0) is 14.8. The molecule has 0 saturated heterocycles. The van der Waals surface area contributed by atoms with Gasteiger partial charge in [0.2, 0.25) is 5.76 Å². The van der Waals surface area contributed by atoms with Crippen molar-refractivity contribution >= 4 is 11.5 Å². The molecular weight excluding hydrogens is 275 g/mol. The van der Waals surface area contributed by atoms with Crippen LogP contribution < -0.4 is 0 Å². The van der Waals surface area contributed by atoms with Crippen molar-refractivity contribution in [2.45, 2.75) is 19.5 Å². The Morgan fingerprint density at radius 1 is 1.55 bits per heavy atom. The van der Waals surface area contributed by atoms with Crippen molar-refractivity contribution in [1.29, 1.82) is 0 Å². The van der Waals surface area contributed by atoms with Gasteiger partial charge in [0.1, 0.15) is 5.69 Å². The highest BCUT2D eigenvalue weighted by atomic mass is 19.4. The number of allylic oxidation sites excluding steroid dienone is 3. The Morgan fingerprint density at radius 2 is 2.30 bits per heavy atom. The molecule has 108 valence electrons. The summed E-state index contributed by atoms with van der Waals surface area (Å²) in [6, 6.07) is 0.834. The first-order valence-electron chi connectivity index (χ1n) is 6.01. The highest BCUT2D eigenvalue weighted by molar-refractivity contribution is 5.80. The molecule has 1 aliphatic rings. The maximum atomic E-state index is 12.4. The van der Waals surface area contributed by atoms with Crippen LogP contribution in [-0.4, -0.2) is 17.7 Å². The van der Waals surface area contributed by atoms with Gasteiger partial charge in [0.15, 0.2) is 0 Å². The summed E-state index contributed by atoms with van der Waals surface area (Å²) in [5, 5.41) is 3.38. The van der Waals surface area contributed by atoms with E-state index in [4.69, 9.17) is 4.74 Å². The third kappa shape index (κ3) is 3.09. The second-order valence-corrected chi connectivity index (χ2v) is 4.19. The van der Waals surface area contributed by atoms with Crippen molar-refractivity contribution in [2.24, 2.45) is 5.92 Å². The van der Waals surface area contributed by atoms with Crippen molar-refractivity contribution in [3.63, 3.8) is 0 Å². The standard InChI is InChI=1S/C13H12F3NO3/c1-2-19-12(18)9-5-3-8(4-6-9)10-7-11(20-17-10)13(14,15)16/h3-5,7,9H,2,6H2,1H3. The predicted octanol–water partition coefficient (Wildman–Crippen LogP) is 3.22. The lowest BCUT2D eigenvalue weighted by Crippen LogP contribution is -2.16. The maximum absolute atomic E-state index is 12.4. The van der Waals surface area contributed by atoms with E-state index in [9.17, 15) is 18.0 Å². The van der Waals surface area contributed by atoms with Crippen molar-refractivity contribution in [1.82, 2.24) is 5.16 Å². The number of halogens is 3. The quantitative estimate of drug-likeness (QED) is 0.801. The lowest BCUT2D eigenvalue weighted by atomic mass is 9.95. The number of ether oxygens (including phenoxy) is 1. The highest BCUT2D eigenvalue weighted by Gasteiger charge is 2.36. The third-order valence-corrected chi connectivity index (χ3v) is 2.77. The van der Waals surface area contributed by atoms with E-state index >= 15 is 0 Å². The maximum Gasteiger partial charge on any atom is 0.452 e. The summed E-state index contributed by atoms with van der Waals surface area (Å²) >= 11 is 0. The first-order chi connectivity index (χ1) is 9.41.